The van der Waals surface area contributed by atoms with E-state index in [4.69, 9.17) is 16.9 Å². The second kappa shape index (κ2) is 4.93. The Morgan fingerprint density at radius 3 is 2.89 bits per heavy atom. The third-order valence-corrected chi connectivity index (χ3v) is 4.07. The van der Waals surface area contributed by atoms with Gasteiger partial charge in [0.15, 0.2) is 0 Å². The Balaban J connectivity index is 2.01. The first kappa shape index (κ1) is 12.0. The molecule has 19 heavy (non-hydrogen) atoms. The summed E-state index contributed by atoms with van der Waals surface area (Å²) in [7, 11) is 0. The second-order valence-corrected chi connectivity index (χ2v) is 5.43. The molecule has 0 saturated heterocycles. The average molecular weight is 285 g/mol. The van der Waals surface area contributed by atoms with Crippen LogP contribution in [-0.4, -0.2) is 0 Å². The molecule has 0 saturated carbocycles. The number of anilines is 2. The summed E-state index contributed by atoms with van der Waals surface area (Å²) in [6.07, 6.45) is 0. The Labute approximate surface area is 119 Å². The molecule has 1 N–H and O–H groups in total. The normalized spacial score (nSPS) is 10.3. The van der Waals surface area contributed by atoms with E-state index in [-0.39, 0.29) is 0 Å². The predicted molar refractivity (Wildman–Crippen MR) is 81.3 cm³/mol. The number of rotatable bonds is 2. The molecule has 2 nitrogen and oxygen atoms in total. The SMILES string of the molecule is N#Cc1c(Cl)cccc1Nc1ccc2sccc2c1. The minimum absolute atomic E-state index is 0.462. The summed E-state index contributed by atoms with van der Waals surface area (Å²) < 4.78 is 1.25. The zero-order valence-corrected chi connectivity index (χ0v) is 11.4. The zero-order chi connectivity index (χ0) is 13.2. The lowest BCUT2D eigenvalue weighted by Crippen LogP contribution is -1.93. The molecule has 1 aromatic heterocycles. The molecule has 92 valence electrons. The molecule has 4 heteroatoms. The van der Waals surface area contributed by atoms with E-state index in [2.05, 4.69) is 35.0 Å². The van der Waals surface area contributed by atoms with Crippen molar-refractivity contribution in [3.8, 4) is 6.07 Å². The van der Waals surface area contributed by atoms with Crippen molar-refractivity contribution in [3.63, 3.8) is 0 Å². The van der Waals surface area contributed by atoms with Crippen LogP contribution in [0, 0.1) is 11.3 Å². The Bertz CT molecular complexity index is 786. The molecule has 2 aromatic carbocycles. The highest BCUT2D eigenvalue weighted by atomic mass is 35.5. The van der Waals surface area contributed by atoms with E-state index in [0.29, 0.717) is 10.6 Å². The molecule has 0 unspecified atom stereocenters. The van der Waals surface area contributed by atoms with Gasteiger partial charge in [0, 0.05) is 10.4 Å². The molecule has 0 aliphatic heterocycles. The van der Waals surface area contributed by atoms with Crippen LogP contribution in [0.25, 0.3) is 10.1 Å². The van der Waals surface area contributed by atoms with Crippen molar-refractivity contribution in [2.24, 2.45) is 0 Å². The third-order valence-electron chi connectivity index (χ3n) is 2.86. The van der Waals surface area contributed by atoms with Crippen molar-refractivity contribution >= 4 is 44.4 Å². The van der Waals surface area contributed by atoms with Crippen molar-refractivity contribution in [1.29, 1.82) is 5.26 Å². The van der Waals surface area contributed by atoms with E-state index in [1.807, 2.05) is 18.2 Å². The fourth-order valence-electron chi connectivity index (χ4n) is 1.94. The van der Waals surface area contributed by atoms with Crippen LogP contribution in [0.2, 0.25) is 5.02 Å². The quantitative estimate of drug-likeness (QED) is 0.704. The number of nitrogens with one attached hydrogen (secondary N) is 1. The monoisotopic (exact) mass is 284 g/mol. The van der Waals surface area contributed by atoms with E-state index < -0.39 is 0 Å². The van der Waals surface area contributed by atoms with Crippen molar-refractivity contribution < 1.29 is 0 Å². The van der Waals surface area contributed by atoms with Crippen LogP contribution in [0.1, 0.15) is 5.56 Å². The highest BCUT2D eigenvalue weighted by Crippen LogP contribution is 2.29. The Hall–Kier alpha value is -2.02. The zero-order valence-electron chi connectivity index (χ0n) is 9.85. The Morgan fingerprint density at radius 2 is 2.05 bits per heavy atom. The molecule has 3 aromatic rings. The van der Waals surface area contributed by atoms with Gasteiger partial charge in [-0.2, -0.15) is 5.26 Å². The van der Waals surface area contributed by atoms with Gasteiger partial charge < -0.3 is 5.32 Å². The molecule has 0 aliphatic carbocycles. The largest absolute Gasteiger partial charge is 0.354 e. The number of thiophene rings is 1. The second-order valence-electron chi connectivity index (χ2n) is 4.07. The van der Waals surface area contributed by atoms with Gasteiger partial charge in [-0.3, -0.25) is 0 Å². The molecule has 0 spiro atoms. The van der Waals surface area contributed by atoms with Gasteiger partial charge >= 0.3 is 0 Å². The maximum absolute atomic E-state index is 9.14. The van der Waals surface area contributed by atoms with Crippen LogP contribution in [0.5, 0.6) is 0 Å². The first-order valence-electron chi connectivity index (χ1n) is 5.71. The molecule has 3 rings (SSSR count). The first-order chi connectivity index (χ1) is 9.28. The van der Waals surface area contributed by atoms with E-state index >= 15 is 0 Å². The van der Waals surface area contributed by atoms with Crippen LogP contribution in [-0.2, 0) is 0 Å². The number of benzene rings is 2. The van der Waals surface area contributed by atoms with Crippen LogP contribution in [0.3, 0.4) is 0 Å². The van der Waals surface area contributed by atoms with Crippen molar-refractivity contribution in [3.05, 3.63) is 58.4 Å². The van der Waals surface area contributed by atoms with Gasteiger partial charge in [0.25, 0.3) is 0 Å². The minimum Gasteiger partial charge on any atom is -0.354 e. The number of hydrogen-bond acceptors (Lipinski definition) is 3. The smallest absolute Gasteiger partial charge is 0.103 e. The summed E-state index contributed by atoms with van der Waals surface area (Å²) in [4.78, 5) is 0. The Kier molecular flexibility index (Phi) is 3.12. The molecular weight excluding hydrogens is 276 g/mol. The van der Waals surface area contributed by atoms with Crippen molar-refractivity contribution in [1.82, 2.24) is 0 Å². The lowest BCUT2D eigenvalue weighted by atomic mass is 10.1. The summed E-state index contributed by atoms with van der Waals surface area (Å²) in [6.45, 7) is 0. The molecule has 0 amide bonds. The molecule has 1 heterocycles. The molecular formula is C15H9ClN2S. The van der Waals surface area contributed by atoms with Gasteiger partial charge in [-0.25, -0.2) is 0 Å². The van der Waals surface area contributed by atoms with E-state index in [1.54, 1.807) is 17.4 Å². The first-order valence-corrected chi connectivity index (χ1v) is 6.96. The van der Waals surface area contributed by atoms with Gasteiger partial charge in [-0.15, -0.1) is 11.3 Å². The predicted octanol–water partition coefficient (Wildman–Crippen LogP) is 5.17. The standard InChI is InChI=1S/C15H9ClN2S/c16-13-2-1-3-14(12(13)9-17)18-11-4-5-15-10(8-11)6-7-19-15/h1-8,18H. The lowest BCUT2D eigenvalue weighted by molar-refractivity contribution is 1.46. The van der Waals surface area contributed by atoms with Gasteiger partial charge in [0.1, 0.15) is 6.07 Å². The molecule has 0 aliphatic rings. The van der Waals surface area contributed by atoms with Gasteiger partial charge in [0.05, 0.1) is 16.3 Å². The number of fused-ring (bicyclic) bond motifs is 1. The van der Waals surface area contributed by atoms with Gasteiger partial charge in [-0.05, 0) is 47.2 Å². The third kappa shape index (κ3) is 2.28. The maximum Gasteiger partial charge on any atom is 0.103 e. The maximum atomic E-state index is 9.14. The minimum atomic E-state index is 0.462. The highest BCUT2D eigenvalue weighted by molar-refractivity contribution is 7.17. The van der Waals surface area contributed by atoms with Crippen LogP contribution in [0.15, 0.2) is 47.8 Å². The number of hydrogen-bond donors (Lipinski definition) is 1. The number of nitriles is 1. The fourth-order valence-corrected chi connectivity index (χ4v) is 2.93. The van der Waals surface area contributed by atoms with E-state index in [0.717, 1.165) is 11.4 Å². The Morgan fingerprint density at radius 1 is 1.16 bits per heavy atom. The van der Waals surface area contributed by atoms with E-state index in [9.17, 15) is 0 Å². The topological polar surface area (TPSA) is 35.8 Å². The summed E-state index contributed by atoms with van der Waals surface area (Å²) >= 11 is 7.72. The van der Waals surface area contributed by atoms with Crippen molar-refractivity contribution in [2.75, 3.05) is 5.32 Å². The number of nitrogens with zero attached hydrogens (tertiary/aromatic N) is 1. The van der Waals surface area contributed by atoms with E-state index in [1.165, 1.54) is 10.1 Å². The lowest BCUT2D eigenvalue weighted by Gasteiger charge is -2.09. The summed E-state index contributed by atoms with van der Waals surface area (Å²) in [6, 6.07) is 15.7. The average Bonchev–Trinajstić information content (AvgIpc) is 2.86. The molecule has 0 bridgehead atoms. The van der Waals surface area contributed by atoms with Crippen LogP contribution >= 0.6 is 22.9 Å². The van der Waals surface area contributed by atoms with Gasteiger partial charge in [0.2, 0.25) is 0 Å². The van der Waals surface area contributed by atoms with Gasteiger partial charge in [-0.1, -0.05) is 17.7 Å². The fraction of sp³-hybridized carbons (Fsp3) is 0. The number of halogens is 1. The summed E-state index contributed by atoms with van der Waals surface area (Å²) in [5, 5.41) is 16.1. The molecule has 0 fully saturated rings. The summed E-state index contributed by atoms with van der Waals surface area (Å²) in [5.74, 6) is 0. The highest BCUT2D eigenvalue weighted by Gasteiger charge is 2.06. The molecule has 0 atom stereocenters. The van der Waals surface area contributed by atoms with Crippen molar-refractivity contribution in [2.45, 2.75) is 0 Å². The van der Waals surface area contributed by atoms with Crippen LogP contribution in [0.4, 0.5) is 11.4 Å². The summed E-state index contributed by atoms with van der Waals surface area (Å²) in [5.41, 5.74) is 2.14. The molecule has 0 radical (unpaired) electrons. The van der Waals surface area contributed by atoms with Crippen LogP contribution < -0.4 is 5.32 Å².